The summed E-state index contributed by atoms with van der Waals surface area (Å²) < 4.78 is 5.79. The van der Waals surface area contributed by atoms with Gasteiger partial charge in [0.2, 0.25) is 0 Å². The molecule has 6 nitrogen and oxygen atoms in total. The zero-order valence-corrected chi connectivity index (χ0v) is 19.2. The van der Waals surface area contributed by atoms with Crippen molar-refractivity contribution in [1.29, 1.82) is 5.26 Å². The Morgan fingerprint density at radius 2 is 1.85 bits per heavy atom. The standard InChI is InChI=1S/C27H28N4O2/c1-4-21-9-10-23(13-25(21)22-7-5-20(14-28)6-8-22)27(32)30-24-11-12-26(29-15-24)31-16-18(2)33-19(3)17-31/h5-13,15,18-19H,4,16-17H2,1-3H3,(H,30,32)/t18-,19+. The van der Waals surface area contributed by atoms with Crippen LogP contribution in [0.5, 0.6) is 0 Å². The van der Waals surface area contributed by atoms with Crippen molar-refractivity contribution < 1.29 is 9.53 Å². The molecule has 1 aliphatic rings. The minimum absolute atomic E-state index is 0.159. The number of carbonyl (C=O) groups excluding carboxylic acids is 1. The first-order valence-electron chi connectivity index (χ1n) is 11.3. The highest BCUT2D eigenvalue weighted by Gasteiger charge is 2.23. The molecule has 1 aromatic heterocycles. The zero-order valence-electron chi connectivity index (χ0n) is 19.2. The third kappa shape index (κ3) is 5.21. The van der Waals surface area contributed by atoms with E-state index in [1.54, 1.807) is 18.3 Å². The number of aryl methyl sites for hydroxylation is 1. The average molecular weight is 441 g/mol. The Labute approximate surface area is 194 Å². The molecule has 0 saturated carbocycles. The van der Waals surface area contributed by atoms with Crippen LogP contribution in [0.2, 0.25) is 0 Å². The summed E-state index contributed by atoms with van der Waals surface area (Å²) in [6, 6.07) is 19.1. The maximum atomic E-state index is 13.0. The van der Waals surface area contributed by atoms with E-state index in [4.69, 9.17) is 10.00 Å². The fraction of sp³-hybridized carbons (Fsp3) is 0.296. The molecule has 1 N–H and O–H groups in total. The van der Waals surface area contributed by atoms with E-state index in [-0.39, 0.29) is 18.1 Å². The van der Waals surface area contributed by atoms with Gasteiger partial charge in [-0.2, -0.15) is 5.26 Å². The van der Waals surface area contributed by atoms with Crippen LogP contribution in [0.1, 0.15) is 42.3 Å². The van der Waals surface area contributed by atoms with E-state index in [9.17, 15) is 4.79 Å². The number of anilines is 2. The third-order valence-electron chi connectivity index (χ3n) is 5.83. The SMILES string of the molecule is CCc1ccc(C(=O)Nc2ccc(N3C[C@@H](C)O[C@@H](C)C3)nc2)cc1-c1ccc(C#N)cc1. The molecule has 4 rings (SSSR count). The van der Waals surface area contributed by atoms with Crippen molar-refractivity contribution in [2.24, 2.45) is 0 Å². The number of aromatic nitrogens is 1. The van der Waals surface area contributed by atoms with Gasteiger partial charge in [0, 0.05) is 18.7 Å². The number of ether oxygens (including phenoxy) is 1. The van der Waals surface area contributed by atoms with Gasteiger partial charge in [0.05, 0.1) is 35.7 Å². The monoisotopic (exact) mass is 440 g/mol. The third-order valence-corrected chi connectivity index (χ3v) is 5.83. The van der Waals surface area contributed by atoms with E-state index in [1.807, 2.05) is 42.5 Å². The van der Waals surface area contributed by atoms with Gasteiger partial charge in [0.15, 0.2) is 0 Å². The number of hydrogen-bond acceptors (Lipinski definition) is 5. The van der Waals surface area contributed by atoms with Gasteiger partial charge in [-0.05, 0) is 73.4 Å². The molecule has 0 aliphatic carbocycles. The number of amides is 1. The van der Waals surface area contributed by atoms with Crippen LogP contribution in [0, 0.1) is 11.3 Å². The minimum atomic E-state index is -0.185. The highest BCUT2D eigenvalue weighted by Crippen LogP contribution is 2.27. The number of morpholine rings is 1. The number of nitriles is 1. The lowest BCUT2D eigenvalue weighted by Crippen LogP contribution is -2.45. The van der Waals surface area contributed by atoms with E-state index in [0.29, 0.717) is 16.8 Å². The Bertz CT molecular complexity index is 1160. The van der Waals surface area contributed by atoms with Crippen LogP contribution in [0.3, 0.4) is 0 Å². The summed E-state index contributed by atoms with van der Waals surface area (Å²) in [5.41, 5.74) is 4.97. The molecule has 2 atom stereocenters. The fourth-order valence-corrected chi connectivity index (χ4v) is 4.23. The van der Waals surface area contributed by atoms with E-state index in [1.165, 1.54) is 0 Å². The highest BCUT2D eigenvalue weighted by molar-refractivity contribution is 6.05. The lowest BCUT2D eigenvalue weighted by molar-refractivity contribution is -0.00545. The number of nitrogens with zero attached hydrogens (tertiary/aromatic N) is 3. The minimum Gasteiger partial charge on any atom is -0.372 e. The van der Waals surface area contributed by atoms with Gasteiger partial charge in [0.1, 0.15) is 5.82 Å². The summed E-state index contributed by atoms with van der Waals surface area (Å²) in [7, 11) is 0. The van der Waals surface area contributed by atoms with Gasteiger partial charge in [-0.3, -0.25) is 4.79 Å². The number of nitrogens with one attached hydrogen (secondary N) is 1. The number of benzene rings is 2. The smallest absolute Gasteiger partial charge is 0.255 e. The second kappa shape index (κ2) is 9.85. The molecule has 1 aliphatic heterocycles. The summed E-state index contributed by atoms with van der Waals surface area (Å²) in [5.74, 6) is 0.695. The van der Waals surface area contributed by atoms with Crippen LogP contribution in [0.15, 0.2) is 60.8 Å². The van der Waals surface area contributed by atoms with Crippen LogP contribution in [-0.4, -0.2) is 36.2 Å². The van der Waals surface area contributed by atoms with Crippen LogP contribution in [-0.2, 0) is 11.2 Å². The molecule has 0 spiro atoms. The average Bonchev–Trinajstić information content (AvgIpc) is 2.83. The Kier molecular flexibility index (Phi) is 6.71. The van der Waals surface area contributed by atoms with E-state index >= 15 is 0 Å². The first-order valence-corrected chi connectivity index (χ1v) is 11.3. The van der Waals surface area contributed by atoms with Crippen LogP contribution in [0.25, 0.3) is 11.1 Å². The molecule has 0 radical (unpaired) electrons. The first kappa shape index (κ1) is 22.5. The zero-order chi connectivity index (χ0) is 23.4. The van der Waals surface area contributed by atoms with E-state index < -0.39 is 0 Å². The normalized spacial score (nSPS) is 17.9. The number of pyridine rings is 1. The topological polar surface area (TPSA) is 78.2 Å². The number of rotatable bonds is 5. The van der Waals surface area contributed by atoms with Gasteiger partial charge in [-0.15, -0.1) is 0 Å². The molecule has 1 amide bonds. The fourth-order valence-electron chi connectivity index (χ4n) is 4.23. The Hall–Kier alpha value is -3.69. The van der Waals surface area contributed by atoms with Gasteiger partial charge in [0.25, 0.3) is 5.91 Å². The van der Waals surface area contributed by atoms with Crippen molar-refractivity contribution in [2.45, 2.75) is 39.4 Å². The first-order chi connectivity index (χ1) is 16.0. The maximum absolute atomic E-state index is 13.0. The molecule has 0 bridgehead atoms. The molecule has 3 aromatic rings. The second-order valence-corrected chi connectivity index (χ2v) is 8.44. The van der Waals surface area contributed by atoms with Gasteiger partial charge < -0.3 is 15.0 Å². The summed E-state index contributed by atoms with van der Waals surface area (Å²) in [6.45, 7) is 7.81. The Morgan fingerprint density at radius 1 is 1.12 bits per heavy atom. The second-order valence-electron chi connectivity index (χ2n) is 8.44. The maximum Gasteiger partial charge on any atom is 0.255 e. The van der Waals surface area contributed by atoms with Crippen molar-refractivity contribution in [2.75, 3.05) is 23.3 Å². The quantitative estimate of drug-likeness (QED) is 0.601. The molecule has 2 aromatic carbocycles. The van der Waals surface area contributed by atoms with E-state index in [2.05, 4.69) is 42.0 Å². The molecular weight excluding hydrogens is 412 g/mol. The van der Waals surface area contributed by atoms with Gasteiger partial charge in [-0.1, -0.05) is 25.1 Å². The summed E-state index contributed by atoms with van der Waals surface area (Å²) in [4.78, 5) is 19.7. The number of carbonyl (C=O) groups is 1. The molecule has 1 saturated heterocycles. The molecule has 6 heteroatoms. The van der Waals surface area contributed by atoms with Crippen LogP contribution >= 0.6 is 0 Å². The number of hydrogen-bond donors (Lipinski definition) is 1. The summed E-state index contributed by atoms with van der Waals surface area (Å²) >= 11 is 0. The molecule has 0 unspecified atom stereocenters. The summed E-state index contributed by atoms with van der Waals surface area (Å²) in [6.07, 6.45) is 2.86. The largest absolute Gasteiger partial charge is 0.372 e. The van der Waals surface area contributed by atoms with Crippen molar-refractivity contribution >= 4 is 17.4 Å². The molecule has 1 fully saturated rings. The predicted octanol–water partition coefficient (Wildman–Crippen LogP) is 5.05. The highest BCUT2D eigenvalue weighted by atomic mass is 16.5. The lowest BCUT2D eigenvalue weighted by atomic mass is 9.95. The molecule has 2 heterocycles. The van der Waals surface area contributed by atoms with Crippen molar-refractivity contribution in [1.82, 2.24) is 4.98 Å². The molecular formula is C27H28N4O2. The Morgan fingerprint density at radius 3 is 2.45 bits per heavy atom. The predicted molar refractivity (Wildman–Crippen MR) is 130 cm³/mol. The molecule has 168 valence electrons. The van der Waals surface area contributed by atoms with Crippen molar-refractivity contribution in [3.05, 3.63) is 77.5 Å². The lowest BCUT2D eigenvalue weighted by Gasteiger charge is -2.36. The van der Waals surface area contributed by atoms with E-state index in [0.717, 1.165) is 42.0 Å². The summed E-state index contributed by atoms with van der Waals surface area (Å²) in [5, 5.41) is 12.0. The van der Waals surface area contributed by atoms with Crippen LogP contribution in [0.4, 0.5) is 11.5 Å². The van der Waals surface area contributed by atoms with Gasteiger partial charge in [-0.25, -0.2) is 4.98 Å². The van der Waals surface area contributed by atoms with Crippen molar-refractivity contribution in [3.63, 3.8) is 0 Å². The Balaban J connectivity index is 1.50. The van der Waals surface area contributed by atoms with Crippen molar-refractivity contribution in [3.8, 4) is 17.2 Å². The molecule has 33 heavy (non-hydrogen) atoms. The van der Waals surface area contributed by atoms with Gasteiger partial charge >= 0.3 is 0 Å². The van der Waals surface area contributed by atoms with Crippen LogP contribution < -0.4 is 10.2 Å².